The molecule has 0 radical (unpaired) electrons. The minimum Gasteiger partial charge on any atom is -0.434 e. The summed E-state index contributed by atoms with van der Waals surface area (Å²) in [6.07, 6.45) is 1.32. The first-order chi connectivity index (χ1) is 17.2. The van der Waals surface area contributed by atoms with Crippen LogP contribution in [-0.2, 0) is 0 Å². The van der Waals surface area contributed by atoms with Crippen molar-refractivity contribution in [1.29, 1.82) is 0 Å². The van der Waals surface area contributed by atoms with Crippen molar-refractivity contribution in [2.45, 2.75) is 6.04 Å². The lowest BCUT2D eigenvalue weighted by Gasteiger charge is -2.40. The van der Waals surface area contributed by atoms with Crippen molar-refractivity contribution in [2.24, 2.45) is 0 Å². The zero-order chi connectivity index (χ0) is 24.0. The molecule has 0 atom stereocenters. The van der Waals surface area contributed by atoms with E-state index in [4.69, 9.17) is 4.74 Å². The Kier molecular flexibility index (Phi) is 6.63. The van der Waals surface area contributed by atoms with Gasteiger partial charge in [0, 0.05) is 26.2 Å². The van der Waals surface area contributed by atoms with Gasteiger partial charge in [0.25, 0.3) is 0 Å². The summed E-state index contributed by atoms with van der Waals surface area (Å²) >= 11 is 0. The number of nitro groups is 1. The predicted molar refractivity (Wildman–Crippen MR) is 134 cm³/mol. The van der Waals surface area contributed by atoms with Crippen molar-refractivity contribution >= 4 is 11.5 Å². The highest BCUT2D eigenvalue weighted by Gasteiger charge is 2.32. The van der Waals surface area contributed by atoms with Crippen molar-refractivity contribution < 1.29 is 9.66 Å². The predicted octanol–water partition coefficient (Wildman–Crippen LogP) is 5.09. The largest absolute Gasteiger partial charge is 0.434 e. The summed E-state index contributed by atoms with van der Waals surface area (Å²) < 4.78 is 5.75. The molecule has 1 aliphatic heterocycles. The van der Waals surface area contributed by atoms with Crippen LogP contribution in [0.25, 0.3) is 0 Å². The van der Waals surface area contributed by atoms with Gasteiger partial charge in [-0.2, -0.15) is 4.98 Å². The van der Waals surface area contributed by atoms with Crippen LogP contribution in [0.15, 0.2) is 97.3 Å². The Balaban J connectivity index is 1.39. The van der Waals surface area contributed by atoms with Crippen molar-refractivity contribution in [2.75, 3.05) is 31.1 Å². The lowest BCUT2D eigenvalue weighted by atomic mass is 9.96. The molecule has 1 fully saturated rings. The van der Waals surface area contributed by atoms with E-state index >= 15 is 0 Å². The van der Waals surface area contributed by atoms with Gasteiger partial charge >= 0.3 is 11.6 Å². The third-order valence-electron chi connectivity index (χ3n) is 6.12. The van der Waals surface area contributed by atoms with Gasteiger partial charge in [0.2, 0.25) is 5.82 Å². The summed E-state index contributed by atoms with van der Waals surface area (Å²) in [6, 6.07) is 29.9. The van der Waals surface area contributed by atoms with E-state index in [1.54, 1.807) is 24.3 Å². The van der Waals surface area contributed by atoms with Gasteiger partial charge in [0.15, 0.2) is 0 Å². The zero-order valence-electron chi connectivity index (χ0n) is 19.1. The van der Waals surface area contributed by atoms with Gasteiger partial charge in [-0.05, 0) is 23.3 Å². The molecule has 8 nitrogen and oxygen atoms in total. The number of aromatic nitrogens is 2. The second-order valence-electron chi connectivity index (χ2n) is 8.27. The Morgan fingerprint density at radius 2 is 1.31 bits per heavy atom. The van der Waals surface area contributed by atoms with Crippen molar-refractivity contribution in [3.63, 3.8) is 0 Å². The molecule has 3 aromatic carbocycles. The smallest absolute Gasteiger partial charge is 0.373 e. The van der Waals surface area contributed by atoms with E-state index in [9.17, 15) is 10.1 Å². The van der Waals surface area contributed by atoms with Crippen LogP contribution in [0.1, 0.15) is 17.2 Å². The summed E-state index contributed by atoms with van der Waals surface area (Å²) in [5.41, 5.74) is 2.23. The molecule has 0 aliphatic carbocycles. The first-order valence-corrected chi connectivity index (χ1v) is 11.5. The monoisotopic (exact) mass is 467 g/mol. The third-order valence-corrected chi connectivity index (χ3v) is 6.12. The number of rotatable bonds is 7. The van der Waals surface area contributed by atoms with Crippen LogP contribution in [0, 0.1) is 10.1 Å². The number of ether oxygens (including phenoxy) is 1. The molecule has 4 aromatic rings. The molecule has 0 N–H and O–H groups in total. The fraction of sp³-hybridized carbons (Fsp3) is 0.185. The Bertz CT molecular complexity index is 1220. The van der Waals surface area contributed by atoms with E-state index in [-0.39, 0.29) is 23.4 Å². The molecule has 0 saturated carbocycles. The minimum atomic E-state index is -0.462. The molecule has 1 saturated heterocycles. The maximum atomic E-state index is 12.0. The summed E-state index contributed by atoms with van der Waals surface area (Å²) in [5, 5.41) is 12.0. The molecule has 0 unspecified atom stereocenters. The number of hydrogen-bond acceptors (Lipinski definition) is 7. The molecule has 176 valence electrons. The molecule has 35 heavy (non-hydrogen) atoms. The normalized spacial score (nSPS) is 14.1. The Morgan fingerprint density at radius 1 is 0.771 bits per heavy atom. The molecule has 1 aliphatic rings. The number of hydrogen-bond donors (Lipinski definition) is 0. The van der Waals surface area contributed by atoms with Crippen LogP contribution in [0.3, 0.4) is 0 Å². The highest BCUT2D eigenvalue weighted by atomic mass is 16.6. The van der Waals surface area contributed by atoms with Crippen LogP contribution < -0.4 is 9.64 Å². The Morgan fingerprint density at radius 3 is 1.86 bits per heavy atom. The molecule has 8 heteroatoms. The van der Waals surface area contributed by atoms with E-state index in [1.165, 1.54) is 17.5 Å². The average Bonchev–Trinajstić information content (AvgIpc) is 2.91. The van der Waals surface area contributed by atoms with E-state index in [2.05, 4.69) is 63.4 Å². The Hall–Kier alpha value is -4.30. The molecule has 0 spiro atoms. The number of nitrogens with zero attached hydrogens (tertiary/aromatic N) is 5. The van der Waals surface area contributed by atoms with Gasteiger partial charge < -0.3 is 9.64 Å². The number of anilines is 1. The van der Waals surface area contributed by atoms with Crippen molar-refractivity contribution in [1.82, 2.24) is 14.9 Å². The third kappa shape index (κ3) is 4.97. The topological polar surface area (TPSA) is 84.6 Å². The first-order valence-electron chi connectivity index (χ1n) is 11.5. The summed E-state index contributed by atoms with van der Waals surface area (Å²) in [6.45, 7) is 2.65. The maximum Gasteiger partial charge on any atom is 0.373 e. The second-order valence-corrected chi connectivity index (χ2v) is 8.27. The van der Waals surface area contributed by atoms with Crippen molar-refractivity contribution in [3.05, 3.63) is 119 Å². The summed E-state index contributed by atoms with van der Waals surface area (Å²) in [7, 11) is 0. The van der Waals surface area contributed by atoms with E-state index in [0.29, 0.717) is 18.8 Å². The lowest BCUT2D eigenvalue weighted by Crippen LogP contribution is -2.48. The zero-order valence-corrected chi connectivity index (χ0v) is 19.1. The SMILES string of the molecule is O=[N+]([O-])c1c(Oc2ccccc2)ncnc1N1CCN(C(c2ccccc2)c2ccccc2)CC1. The van der Waals surface area contributed by atoms with E-state index in [0.717, 1.165) is 13.1 Å². The highest BCUT2D eigenvalue weighted by molar-refractivity contribution is 5.63. The second kappa shape index (κ2) is 10.3. The van der Waals surface area contributed by atoms with Gasteiger partial charge in [-0.25, -0.2) is 4.98 Å². The van der Waals surface area contributed by atoms with Crippen LogP contribution in [0.4, 0.5) is 11.5 Å². The molecule has 5 rings (SSSR count). The fourth-order valence-electron chi connectivity index (χ4n) is 4.50. The standard InChI is InChI=1S/C27H25N5O3/c33-32(34)25-26(28-20-29-27(25)35-23-14-8-3-9-15-23)31-18-16-30(17-19-31)24(21-10-4-1-5-11-21)22-12-6-2-7-13-22/h1-15,20,24H,16-19H2. The molecular formula is C27H25N5O3. The number of para-hydroxylation sites is 1. The number of benzene rings is 3. The van der Waals surface area contributed by atoms with Crippen LogP contribution in [0.5, 0.6) is 11.6 Å². The van der Waals surface area contributed by atoms with Gasteiger partial charge in [-0.3, -0.25) is 15.0 Å². The van der Waals surface area contributed by atoms with Crippen LogP contribution in [-0.4, -0.2) is 46.0 Å². The van der Waals surface area contributed by atoms with Crippen molar-refractivity contribution in [3.8, 4) is 11.6 Å². The molecule has 0 amide bonds. The number of piperazine rings is 1. The molecule has 1 aromatic heterocycles. The first kappa shape index (κ1) is 22.5. The fourth-order valence-corrected chi connectivity index (χ4v) is 4.50. The summed E-state index contributed by atoms with van der Waals surface area (Å²) in [4.78, 5) is 24.3. The lowest BCUT2D eigenvalue weighted by molar-refractivity contribution is -0.385. The van der Waals surface area contributed by atoms with Gasteiger partial charge in [-0.1, -0.05) is 78.9 Å². The van der Waals surface area contributed by atoms with Gasteiger partial charge in [0.1, 0.15) is 12.1 Å². The molecule has 2 heterocycles. The maximum absolute atomic E-state index is 12.0. The van der Waals surface area contributed by atoms with Gasteiger partial charge in [0.05, 0.1) is 11.0 Å². The van der Waals surface area contributed by atoms with E-state index in [1.807, 2.05) is 23.1 Å². The van der Waals surface area contributed by atoms with E-state index < -0.39 is 4.92 Å². The molecular weight excluding hydrogens is 442 g/mol. The minimum absolute atomic E-state index is 0.0555. The average molecular weight is 468 g/mol. The van der Waals surface area contributed by atoms with Gasteiger partial charge in [-0.15, -0.1) is 0 Å². The molecule has 0 bridgehead atoms. The summed E-state index contributed by atoms with van der Waals surface area (Å²) in [5.74, 6) is 0.713. The van der Waals surface area contributed by atoms with Crippen LogP contribution in [0.2, 0.25) is 0 Å². The van der Waals surface area contributed by atoms with Crippen LogP contribution >= 0.6 is 0 Å². The Labute approximate surface area is 203 Å². The highest BCUT2D eigenvalue weighted by Crippen LogP contribution is 2.37. The quantitative estimate of drug-likeness (QED) is 0.276.